The Morgan fingerprint density at radius 1 is 1.06 bits per heavy atom. The van der Waals surface area contributed by atoms with Crippen LogP contribution in [0, 0.1) is 11.3 Å². The molecule has 1 aliphatic heterocycles. The average molecular weight is 463 g/mol. The van der Waals surface area contributed by atoms with Crippen LogP contribution in [0.25, 0.3) is 6.08 Å². The van der Waals surface area contributed by atoms with Crippen LogP contribution >= 0.6 is 0 Å². The summed E-state index contributed by atoms with van der Waals surface area (Å²) in [6.07, 6.45) is -0.781. The number of anilines is 1. The summed E-state index contributed by atoms with van der Waals surface area (Å²) in [5.41, 5.74) is -0.758. The van der Waals surface area contributed by atoms with Crippen molar-refractivity contribution < 1.29 is 26.4 Å². The molecule has 0 aliphatic carbocycles. The Kier molecular flexibility index (Phi) is 7.01. The SMILES string of the molecule is N#C/C(=C/c1ccc(C(F)(F)F)cc1)C(=O)Nc1cccc(S(=O)(=O)N2CCCCC2)c1. The van der Waals surface area contributed by atoms with Crippen LogP contribution < -0.4 is 5.32 Å². The van der Waals surface area contributed by atoms with E-state index in [1.165, 1.54) is 28.6 Å². The summed E-state index contributed by atoms with van der Waals surface area (Å²) in [7, 11) is -3.70. The maximum atomic E-state index is 12.8. The van der Waals surface area contributed by atoms with Gasteiger partial charge in [-0.1, -0.05) is 24.6 Å². The number of benzene rings is 2. The number of carbonyl (C=O) groups is 1. The highest BCUT2D eigenvalue weighted by Crippen LogP contribution is 2.29. The lowest BCUT2D eigenvalue weighted by atomic mass is 10.1. The highest BCUT2D eigenvalue weighted by molar-refractivity contribution is 7.89. The number of hydrogen-bond acceptors (Lipinski definition) is 4. The molecule has 0 spiro atoms. The molecule has 0 atom stereocenters. The minimum absolute atomic E-state index is 0.0300. The molecule has 1 saturated heterocycles. The van der Waals surface area contributed by atoms with Gasteiger partial charge in [0.15, 0.2) is 0 Å². The molecule has 6 nitrogen and oxygen atoms in total. The minimum Gasteiger partial charge on any atom is -0.321 e. The van der Waals surface area contributed by atoms with Gasteiger partial charge in [-0.3, -0.25) is 4.79 Å². The van der Waals surface area contributed by atoms with Gasteiger partial charge in [-0.25, -0.2) is 8.42 Å². The molecule has 3 rings (SSSR count). The number of hydrogen-bond donors (Lipinski definition) is 1. The number of nitriles is 1. The third-order valence-corrected chi connectivity index (χ3v) is 6.85. The van der Waals surface area contributed by atoms with E-state index in [1.54, 1.807) is 6.07 Å². The molecule has 0 unspecified atom stereocenters. The fourth-order valence-corrected chi connectivity index (χ4v) is 4.83. The summed E-state index contributed by atoms with van der Waals surface area (Å²) < 4.78 is 65.1. The highest BCUT2D eigenvalue weighted by Gasteiger charge is 2.30. The van der Waals surface area contributed by atoms with E-state index < -0.39 is 27.7 Å². The van der Waals surface area contributed by atoms with E-state index in [9.17, 15) is 31.6 Å². The normalized spacial score (nSPS) is 15.8. The zero-order valence-electron chi connectivity index (χ0n) is 16.9. The van der Waals surface area contributed by atoms with Gasteiger partial charge >= 0.3 is 6.18 Å². The fourth-order valence-electron chi connectivity index (χ4n) is 3.27. The molecular formula is C22H20F3N3O3S. The lowest BCUT2D eigenvalue weighted by Gasteiger charge is -2.26. The summed E-state index contributed by atoms with van der Waals surface area (Å²) in [6.45, 7) is 0.876. The number of carbonyl (C=O) groups excluding carboxylic acids is 1. The van der Waals surface area contributed by atoms with Crippen molar-refractivity contribution in [2.75, 3.05) is 18.4 Å². The molecule has 1 aliphatic rings. The van der Waals surface area contributed by atoms with Crippen LogP contribution in [0.5, 0.6) is 0 Å². The van der Waals surface area contributed by atoms with E-state index in [0.29, 0.717) is 13.1 Å². The van der Waals surface area contributed by atoms with E-state index in [1.807, 2.05) is 0 Å². The summed E-state index contributed by atoms with van der Waals surface area (Å²) in [4.78, 5) is 12.5. The molecule has 2 aromatic rings. The average Bonchev–Trinajstić information content (AvgIpc) is 2.78. The summed E-state index contributed by atoms with van der Waals surface area (Å²) in [5, 5.41) is 11.8. The van der Waals surface area contributed by atoms with Gasteiger partial charge in [-0.15, -0.1) is 0 Å². The highest BCUT2D eigenvalue weighted by atomic mass is 32.2. The van der Waals surface area contributed by atoms with Gasteiger partial charge in [-0.2, -0.15) is 22.7 Å². The quantitative estimate of drug-likeness (QED) is 0.525. The Morgan fingerprint density at radius 2 is 1.72 bits per heavy atom. The summed E-state index contributed by atoms with van der Waals surface area (Å²) in [5.74, 6) is -0.806. The van der Waals surface area contributed by atoms with Gasteiger partial charge in [0.1, 0.15) is 11.6 Å². The zero-order chi connectivity index (χ0) is 23.4. The Balaban J connectivity index is 1.78. The first-order chi connectivity index (χ1) is 15.1. The monoisotopic (exact) mass is 463 g/mol. The second kappa shape index (κ2) is 9.54. The molecule has 0 radical (unpaired) electrons. The third-order valence-electron chi connectivity index (χ3n) is 4.96. The Morgan fingerprint density at radius 3 is 2.31 bits per heavy atom. The van der Waals surface area contributed by atoms with Crippen molar-refractivity contribution in [3.63, 3.8) is 0 Å². The van der Waals surface area contributed by atoms with Gasteiger partial charge < -0.3 is 5.32 Å². The molecule has 1 heterocycles. The first kappa shape index (κ1) is 23.5. The molecule has 0 saturated carbocycles. The van der Waals surface area contributed by atoms with Crippen LogP contribution in [0.1, 0.15) is 30.4 Å². The Hall–Kier alpha value is -3.16. The molecule has 1 N–H and O–H groups in total. The number of nitrogens with one attached hydrogen (secondary N) is 1. The van der Waals surface area contributed by atoms with Crippen molar-refractivity contribution in [2.45, 2.75) is 30.3 Å². The number of alkyl halides is 3. The van der Waals surface area contributed by atoms with Gasteiger partial charge in [0.25, 0.3) is 5.91 Å². The van der Waals surface area contributed by atoms with Crippen molar-refractivity contribution >= 4 is 27.7 Å². The first-order valence-electron chi connectivity index (χ1n) is 9.82. The predicted octanol–water partition coefficient (Wildman–Crippen LogP) is 4.43. The van der Waals surface area contributed by atoms with E-state index in [4.69, 9.17) is 0 Å². The van der Waals surface area contributed by atoms with Gasteiger partial charge in [-0.05, 0) is 54.8 Å². The molecule has 0 bridgehead atoms. The van der Waals surface area contributed by atoms with E-state index >= 15 is 0 Å². The lowest BCUT2D eigenvalue weighted by Crippen LogP contribution is -2.35. The van der Waals surface area contributed by atoms with Crippen molar-refractivity contribution in [1.29, 1.82) is 5.26 Å². The van der Waals surface area contributed by atoms with Crippen LogP contribution in [0.15, 0.2) is 59.0 Å². The second-order valence-corrected chi connectivity index (χ2v) is 9.17. The van der Waals surface area contributed by atoms with Crippen molar-refractivity contribution in [3.05, 3.63) is 65.2 Å². The topological polar surface area (TPSA) is 90.3 Å². The Labute approximate surface area is 184 Å². The van der Waals surface area contributed by atoms with Crippen LogP contribution in [0.2, 0.25) is 0 Å². The van der Waals surface area contributed by atoms with E-state index in [0.717, 1.165) is 49.6 Å². The lowest BCUT2D eigenvalue weighted by molar-refractivity contribution is -0.137. The summed E-state index contributed by atoms with van der Waals surface area (Å²) >= 11 is 0. The van der Waals surface area contributed by atoms with E-state index in [2.05, 4.69) is 5.32 Å². The molecular weight excluding hydrogens is 443 g/mol. The standard InChI is InChI=1S/C22H20F3N3O3S/c23-22(24,25)18-9-7-16(8-10-18)13-17(15-26)21(29)27-19-5-4-6-20(14-19)32(30,31)28-11-2-1-3-12-28/h4-10,13-14H,1-3,11-12H2,(H,27,29)/b17-13-. The minimum atomic E-state index is -4.49. The van der Waals surface area contributed by atoms with E-state index in [-0.39, 0.29) is 21.7 Å². The van der Waals surface area contributed by atoms with Crippen molar-refractivity contribution in [1.82, 2.24) is 4.31 Å². The van der Waals surface area contributed by atoms with Gasteiger partial charge in [0.2, 0.25) is 10.0 Å². The van der Waals surface area contributed by atoms with Crippen LogP contribution in [-0.4, -0.2) is 31.7 Å². The van der Waals surface area contributed by atoms with Gasteiger partial charge in [0, 0.05) is 18.8 Å². The number of halogens is 3. The zero-order valence-corrected chi connectivity index (χ0v) is 17.7. The molecule has 10 heteroatoms. The summed E-state index contributed by atoms with van der Waals surface area (Å²) in [6, 6.07) is 11.4. The van der Waals surface area contributed by atoms with Crippen molar-refractivity contribution in [2.24, 2.45) is 0 Å². The van der Waals surface area contributed by atoms with Crippen LogP contribution in [0.3, 0.4) is 0 Å². The molecule has 1 amide bonds. The second-order valence-electron chi connectivity index (χ2n) is 7.24. The van der Waals surface area contributed by atoms with Crippen LogP contribution in [-0.2, 0) is 21.0 Å². The fraction of sp³-hybridized carbons (Fsp3) is 0.273. The molecule has 0 aromatic heterocycles. The molecule has 168 valence electrons. The maximum Gasteiger partial charge on any atom is 0.416 e. The molecule has 1 fully saturated rings. The van der Waals surface area contributed by atoms with Crippen molar-refractivity contribution in [3.8, 4) is 6.07 Å². The number of amides is 1. The number of piperidine rings is 1. The van der Waals surface area contributed by atoms with Crippen LogP contribution in [0.4, 0.5) is 18.9 Å². The number of rotatable bonds is 5. The third kappa shape index (κ3) is 5.55. The predicted molar refractivity (Wildman–Crippen MR) is 113 cm³/mol. The number of nitrogens with zero attached hydrogens (tertiary/aromatic N) is 2. The molecule has 32 heavy (non-hydrogen) atoms. The molecule has 2 aromatic carbocycles. The first-order valence-corrected chi connectivity index (χ1v) is 11.3. The smallest absolute Gasteiger partial charge is 0.321 e. The largest absolute Gasteiger partial charge is 0.416 e. The Bertz CT molecular complexity index is 1160. The van der Waals surface area contributed by atoms with Gasteiger partial charge in [0.05, 0.1) is 10.5 Å². The number of sulfonamides is 1. The maximum absolute atomic E-state index is 12.8.